The highest BCUT2D eigenvalue weighted by Gasteiger charge is 2.14. The topological polar surface area (TPSA) is 73.9 Å². The number of benzene rings is 1. The first kappa shape index (κ1) is 18.1. The maximum absolute atomic E-state index is 11.9. The van der Waals surface area contributed by atoms with Gasteiger partial charge in [0.2, 0.25) is 5.91 Å². The fourth-order valence-corrected chi connectivity index (χ4v) is 2.50. The van der Waals surface area contributed by atoms with Crippen LogP contribution < -0.4 is 15.5 Å². The van der Waals surface area contributed by atoms with Gasteiger partial charge in [-0.25, -0.2) is 4.79 Å². The lowest BCUT2D eigenvalue weighted by Crippen LogP contribution is -2.44. The molecule has 1 aliphatic rings. The summed E-state index contributed by atoms with van der Waals surface area (Å²) in [5.74, 6) is -0.140. The molecule has 0 radical (unpaired) electrons. The Balaban J connectivity index is 1.75. The van der Waals surface area contributed by atoms with E-state index in [1.165, 1.54) is 5.69 Å². The summed E-state index contributed by atoms with van der Waals surface area (Å²) in [6.07, 6.45) is -0.291. The van der Waals surface area contributed by atoms with E-state index < -0.39 is 6.09 Å². The third kappa shape index (κ3) is 5.73. The molecule has 1 saturated heterocycles. The van der Waals surface area contributed by atoms with E-state index in [1.807, 2.05) is 24.3 Å². The van der Waals surface area contributed by atoms with E-state index in [0.29, 0.717) is 6.61 Å². The van der Waals surface area contributed by atoms with Crippen LogP contribution >= 0.6 is 0 Å². The van der Waals surface area contributed by atoms with E-state index in [1.54, 1.807) is 6.92 Å². The van der Waals surface area contributed by atoms with Gasteiger partial charge in [-0.1, -0.05) is 0 Å². The first-order chi connectivity index (χ1) is 11.6. The summed E-state index contributed by atoms with van der Waals surface area (Å²) in [5.41, 5.74) is 1.93. The highest BCUT2D eigenvalue weighted by atomic mass is 16.5. The first-order valence-electron chi connectivity index (χ1n) is 8.32. The lowest BCUT2D eigenvalue weighted by Gasteiger charge is -2.34. The molecule has 2 rings (SSSR count). The normalized spacial score (nSPS) is 15.0. The van der Waals surface area contributed by atoms with Crippen LogP contribution in [0.4, 0.5) is 16.2 Å². The van der Waals surface area contributed by atoms with Gasteiger partial charge in [-0.2, -0.15) is 0 Å². The number of carbonyl (C=O) groups excluding carboxylic acids is 2. The lowest BCUT2D eigenvalue weighted by atomic mass is 10.2. The smallest absolute Gasteiger partial charge is 0.407 e. The Labute approximate surface area is 142 Å². The fourth-order valence-electron chi connectivity index (χ4n) is 2.50. The van der Waals surface area contributed by atoms with Crippen LogP contribution in [0.5, 0.6) is 0 Å². The second-order valence-corrected chi connectivity index (χ2v) is 5.78. The molecule has 0 spiro atoms. The van der Waals surface area contributed by atoms with Crippen LogP contribution in [0.3, 0.4) is 0 Å². The van der Waals surface area contributed by atoms with Crippen LogP contribution in [0.15, 0.2) is 24.3 Å². The molecule has 1 aromatic carbocycles. The molecule has 7 nitrogen and oxygen atoms in total. The molecule has 2 N–H and O–H groups in total. The lowest BCUT2D eigenvalue weighted by molar-refractivity contribution is -0.116. The summed E-state index contributed by atoms with van der Waals surface area (Å²) in [4.78, 5) is 27.6. The molecular weight excluding hydrogens is 308 g/mol. The molecule has 0 atom stereocenters. The zero-order valence-electron chi connectivity index (χ0n) is 14.4. The second-order valence-electron chi connectivity index (χ2n) is 5.78. The molecule has 0 unspecified atom stereocenters. The van der Waals surface area contributed by atoms with E-state index in [2.05, 4.69) is 27.5 Å². The molecule has 24 heavy (non-hydrogen) atoms. The standard InChI is InChI=1S/C17H26N4O3/c1-3-24-17(23)18-9-8-16(22)19-14-4-6-15(7-5-14)21-12-10-20(2)11-13-21/h4-7H,3,8-13H2,1-2H3,(H,18,23)(H,19,22). The number of nitrogens with zero attached hydrogens (tertiary/aromatic N) is 2. The van der Waals surface area contributed by atoms with Gasteiger partial charge in [-0.15, -0.1) is 0 Å². The minimum Gasteiger partial charge on any atom is -0.450 e. The number of hydrogen-bond donors (Lipinski definition) is 2. The summed E-state index contributed by atoms with van der Waals surface area (Å²) in [6, 6.07) is 7.87. The van der Waals surface area contributed by atoms with Gasteiger partial charge in [-0.05, 0) is 38.2 Å². The van der Waals surface area contributed by atoms with Crippen molar-refractivity contribution in [3.63, 3.8) is 0 Å². The molecule has 0 aliphatic carbocycles. The third-order valence-electron chi connectivity index (χ3n) is 3.92. The highest BCUT2D eigenvalue weighted by Crippen LogP contribution is 2.19. The van der Waals surface area contributed by atoms with Gasteiger partial charge in [0.25, 0.3) is 0 Å². The average molecular weight is 334 g/mol. The van der Waals surface area contributed by atoms with Gasteiger partial charge in [0.05, 0.1) is 6.61 Å². The molecule has 1 heterocycles. The molecule has 0 saturated carbocycles. The first-order valence-corrected chi connectivity index (χ1v) is 8.32. The molecule has 1 fully saturated rings. The third-order valence-corrected chi connectivity index (χ3v) is 3.92. The number of hydrogen-bond acceptors (Lipinski definition) is 5. The summed E-state index contributed by atoms with van der Waals surface area (Å²) in [5, 5.41) is 5.35. The number of piperazine rings is 1. The second kappa shape index (κ2) is 9.12. The van der Waals surface area contributed by atoms with Crippen LogP contribution in [0.2, 0.25) is 0 Å². The number of alkyl carbamates (subject to hydrolysis) is 1. The van der Waals surface area contributed by atoms with Gasteiger partial charge >= 0.3 is 6.09 Å². The summed E-state index contributed by atoms with van der Waals surface area (Å²) >= 11 is 0. The minimum absolute atomic E-state index is 0.140. The quantitative estimate of drug-likeness (QED) is 0.825. The van der Waals surface area contributed by atoms with Crippen LogP contribution in [0, 0.1) is 0 Å². The minimum atomic E-state index is -0.498. The number of ether oxygens (including phenoxy) is 1. The number of nitrogens with one attached hydrogen (secondary N) is 2. The van der Waals surface area contributed by atoms with Crippen molar-refractivity contribution >= 4 is 23.4 Å². The maximum Gasteiger partial charge on any atom is 0.407 e. The van der Waals surface area contributed by atoms with Crippen LogP contribution in [0.1, 0.15) is 13.3 Å². The Morgan fingerprint density at radius 2 is 1.79 bits per heavy atom. The van der Waals surface area contributed by atoms with Crippen molar-refractivity contribution in [3.8, 4) is 0 Å². The Hall–Kier alpha value is -2.28. The SMILES string of the molecule is CCOC(=O)NCCC(=O)Nc1ccc(N2CCN(C)CC2)cc1. The summed E-state index contributed by atoms with van der Waals surface area (Å²) in [6.45, 7) is 6.46. The van der Waals surface area contributed by atoms with Crippen LogP contribution in [0.25, 0.3) is 0 Å². The van der Waals surface area contributed by atoms with Crippen molar-refractivity contribution in [2.24, 2.45) is 0 Å². The number of carbonyl (C=O) groups is 2. The Bertz CT molecular complexity index is 539. The average Bonchev–Trinajstić information content (AvgIpc) is 2.56. The van der Waals surface area contributed by atoms with Crippen molar-refractivity contribution in [3.05, 3.63) is 24.3 Å². The Morgan fingerprint density at radius 3 is 2.42 bits per heavy atom. The Kier molecular flexibility index (Phi) is 6.87. The van der Waals surface area contributed by atoms with E-state index in [4.69, 9.17) is 4.74 Å². The highest BCUT2D eigenvalue weighted by molar-refractivity contribution is 5.91. The van der Waals surface area contributed by atoms with E-state index in [9.17, 15) is 9.59 Å². The molecule has 1 aliphatic heterocycles. The van der Waals surface area contributed by atoms with Crippen LogP contribution in [-0.2, 0) is 9.53 Å². The summed E-state index contributed by atoms with van der Waals surface area (Å²) in [7, 11) is 2.13. The van der Waals surface area contributed by atoms with Crippen molar-refractivity contribution < 1.29 is 14.3 Å². The zero-order chi connectivity index (χ0) is 17.4. The van der Waals surface area contributed by atoms with Crippen molar-refractivity contribution in [1.82, 2.24) is 10.2 Å². The van der Waals surface area contributed by atoms with Gasteiger partial charge in [0, 0.05) is 50.5 Å². The van der Waals surface area contributed by atoms with Gasteiger partial charge in [0.1, 0.15) is 0 Å². The van der Waals surface area contributed by atoms with E-state index in [0.717, 1.165) is 31.9 Å². The summed E-state index contributed by atoms with van der Waals surface area (Å²) < 4.78 is 4.73. The van der Waals surface area contributed by atoms with Crippen molar-refractivity contribution in [1.29, 1.82) is 0 Å². The largest absolute Gasteiger partial charge is 0.450 e. The van der Waals surface area contributed by atoms with Gasteiger partial charge in [0.15, 0.2) is 0 Å². The predicted molar refractivity (Wildman–Crippen MR) is 94.4 cm³/mol. The number of amides is 2. The molecule has 0 aromatic heterocycles. The van der Waals surface area contributed by atoms with E-state index in [-0.39, 0.29) is 18.9 Å². The number of likely N-dealkylation sites (N-methyl/N-ethyl adjacent to an activating group) is 1. The van der Waals surface area contributed by atoms with Crippen molar-refractivity contribution in [2.75, 3.05) is 56.6 Å². The molecular formula is C17H26N4O3. The molecule has 132 valence electrons. The fraction of sp³-hybridized carbons (Fsp3) is 0.529. The van der Waals surface area contributed by atoms with Crippen LogP contribution in [-0.4, -0.2) is 63.3 Å². The number of rotatable bonds is 6. The maximum atomic E-state index is 11.9. The van der Waals surface area contributed by atoms with E-state index >= 15 is 0 Å². The monoisotopic (exact) mass is 334 g/mol. The van der Waals surface area contributed by atoms with Gasteiger partial charge < -0.3 is 25.2 Å². The van der Waals surface area contributed by atoms with Crippen molar-refractivity contribution in [2.45, 2.75) is 13.3 Å². The number of anilines is 2. The Morgan fingerprint density at radius 1 is 1.12 bits per heavy atom. The molecule has 1 aromatic rings. The van der Waals surface area contributed by atoms with Gasteiger partial charge in [-0.3, -0.25) is 4.79 Å². The predicted octanol–water partition coefficient (Wildman–Crippen LogP) is 1.51. The molecule has 0 bridgehead atoms. The zero-order valence-corrected chi connectivity index (χ0v) is 14.4. The molecule has 7 heteroatoms. The molecule has 2 amide bonds.